The SMILES string of the molecule is O=C(Nc1ccccc1C(F)(F)F)c1cccc(N2C(=O)c3ccc(Br)cc3C2=O)c1. The van der Waals surface area contributed by atoms with Gasteiger partial charge in [-0.05, 0) is 48.5 Å². The first-order valence-corrected chi connectivity index (χ1v) is 9.72. The van der Waals surface area contributed by atoms with Crippen LogP contribution in [0.25, 0.3) is 0 Å². The summed E-state index contributed by atoms with van der Waals surface area (Å²) in [5, 5.41) is 2.24. The second-order valence-corrected chi connectivity index (χ2v) is 7.60. The van der Waals surface area contributed by atoms with Crippen molar-refractivity contribution in [3.8, 4) is 0 Å². The molecule has 3 aromatic carbocycles. The van der Waals surface area contributed by atoms with E-state index in [9.17, 15) is 27.6 Å². The average molecular weight is 489 g/mol. The highest BCUT2D eigenvalue weighted by Crippen LogP contribution is 2.35. The number of fused-ring (bicyclic) bond motifs is 1. The summed E-state index contributed by atoms with van der Waals surface area (Å²) in [5.74, 6) is -1.91. The van der Waals surface area contributed by atoms with Crippen LogP contribution in [0.5, 0.6) is 0 Å². The van der Waals surface area contributed by atoms with Crippen LogP contribution in [0.1, 0.15) is 36.6 Å². The van der Waals surface area contributed by atoms with E-state index in [4.69, 9.17) is 0 Å². The molecule has 3 aromatic rings. The van der Waals surface area contributed by atoms with Gasteiger partial charge < -0.3 is 5.32 Å². The van der Waals surface area contributed by atoms with E-state index in [1.54, 1.807) is 6.07 Å². The van der Waals surface area contributed by atoms with Gasteiger partial charge in [0.05, 0.1) is 28.1 Å². The van der Waals surface area contributed by atoms with Crippen molar-refractivity contribution < 1.29 is 27.6 Å². The zero-order chi connectivity index (χ0) is 22.3. The minimum atomic E-state index is -4.64. The smallest absolute Gasteiger partial charge is 0.321 e. The van der Waals surface area contributed by atoms with Crippen molar-refractivity contribution in [1.29, 1.82) is 0 Å². The molecule has 0 spiro atoms. The van der Waals surface area contributed by atoms with Crippen LogP contribution in [0.4, 0.5) is 24.5 Å². The van der Waals surface area contributed by atoms with Crippen LogP contribution >= 0.6 is 15.9 Å². The lowest BCUT2D eigenvalue weighted by molar-refractivity contribution is -0.136. The molecule has 0 aromatic heterocycles. The van der Waals surface area contributed by atoms with Crippen LogP contribution in [0.15, 0.2) is 71.2 Å². The Kier molecular flexibility index (Phi) is 5.14. The molecular weight excluding hydrogens is 477 g/mol. The Morgan fingerprint density at radius 3 is 2.32 bits per heavy atom. The third-order valence-corrected chi connectivity index (χ3v) is 5.19. The largest absolute Gasteiger partial charge is 0.418 e. The molecular formula is C22H12BrF3N2O3. The van der Waals surface area contributed by atoms with E-state index in [1.807, 2.05) is 0 Å². The molecule has 31 heavy (non-hydrogen) atoms. The number of rotatable bonds is 3. The number of carbonyl (C=O) groups is 3. The number of nitrogens with one attached hydrogen (secondary N) is 1. The number of alkyl halides is 3. The zero-order valence-corrected chi connectivity index (χ0v) is 17.1. The first kappa shape index (κ1) is 20.8. The Labute approximate surface area is 182 Å². The van der Waals surface area contributed by atoms with Gasteiger partial charge in [-0.1, -0.05) is 34.1 Å². The minimum Gasteiger partial charge on any atom is -0.321 e. The predicted octanol–water partition coefficient (Wildman–Crippen LogP) is 5.52. The number of anilines is 2. The summed E-state index contributed by atoms with van der Waals surface area (Å²) < 4.78 is 40.2. The summed E-state index contributed by atoms with van der Waals surface area (Å²) >= 11 is 3.26. The van der Waals surface area contributed by atoms with Gasteiger partial charge in [0.15, 0.2) is 0 Å². The predicted molar refractivity (Wildman–Crippen MR) is 111 cm³/mol. The second-order valence-electron chi connectivity index (χ2n) is 6.68. The fourth-order valence-electron chi connectivity index (χ4n) is 3.27. The van der Waals surface area contributed by atoms with Gasteiger partial charge in [-0.15, -0.1) is 0 Å². The summed E-state index contributed by atoms with van der Waals surface area (Å²) in [6, 6.07) is 14.9. The first-order chi connectivity index (χ1) is 14.7. The number of carbonyl (C=O) groups excluding carboxylic acids is 3. The molecule has 5 nitrogen and oxygen atoms in total. The van der Waals surface area contributed by atoms with Crippen molar-refractivity contribution in [3.63, 3.8) is 0 Å². The second kappa shape index (κ2) is 7.66. The average Bonchev–Trinajstić information content (AvgIpc) is 2.97. The monoisotopic (exact) mass is 488 g/mol. The normalized spacial score (nSPS) is 13.4. The van der Waals surface area contributed by atoms with Crippen molar-refractivity contribution in [2.45, 2.75) is 6.18 Å². The van der Waals surface area contributed by atoms with E-state index < -0.39 is 35.1 Å². The molecule has 1 aliphatic rings. The summed E-state index contributed by atoms with van der Waals surface area (Å²) in [5.41, 5.74) is -0.803. The molecule has 4 rings (SSSR count). The molecule has 0 saturated heterocycles. The van der Waals surface area contributed by atoms with Crippen molar-refractivity contribution in [3.05, 3.63) is 93.5 Å². The third kappa shape index (κ3) is 3.84. The number of halogens is 4. The van der Waals surface area contributed by atoms with Gasteiger partial charge in [-0.2, -0.15) is 13.2 Å². The summed E-state index contributed by atoms with van der Waals surface area (Å²) in [6.45, 7) is 0. The zero-order valence-electron chi connectivity index (χ0n) is 15.5. The molecule has 9 heteroatoms. The molecule has 3 amide bonds. The van der Waals surface area contributed by atoms with Gasteiger partial charge in [0.1, 0.15) is 0 Å². The van der Waals surface area contributed by atoms with Crippen LogP contribution in [0.3, 0.4) is 0 Å². The first-order valence-electron chi connectivity index (χ1n) is 8.93. The van der Waals surface area contributed by atoms with Crippen molar-refractivity contribution in [2.75, 3.05) is 10.2 Å². The topological polar surface area (TPSA) is 66.5 Å². The molecule has 0 saturated carbocycles. The maximum Gasteiger partial charge on any atom is 0.418 e. The van der Waals surface area contributed by atoms with Gasteiger partial charge in [-0.3, -0.25) is 14.4 Å². The van der Waals surface area contributed by atoms with Gasteiger partial charge in [-0.25, -0.2) is 4.90 Å². The number of para-hydroxylation sites is 1. The number of hydrogen-bond acceptors (Lipinski definition) is 3. The maximum atomic E-state index is 13.2. The standard InChI is InChI=1S/C22H12BrF3N2O3/c23-13-8-9-15-16(11-13)21(31)28(20(15)30)14-5-3-4-12(10-14)19(29)27-18-7-2-1-6-17(18)22(24,25)26/h1-11H,(H,27,29). The van der Waals surface area contributed by atoms with Crippen molar-refractivity contribution in [1.82, 2.24) is 0 Å². The maximum absolute atomic E-state index is 13.2. The quantitative estimate of drug-likeness (QED) is 0.493. The fraction of sp³-hybridized carbons (Fsp3) is 0.0455. The number of benzene rings is 3. The van der Waals surface area contributed by atoms with Gasteiger partial charge in [0.25, 0.3) is 17.7 Å². The van der Waals surface area contributed by atoms with Crippen LogP contribution < -0.4 is 10.2 Å². The van der Waals surface area contributed by atoms with Gasteiger partial charge in [0.2, 0.25) is 0 Å². The Morgan fingerprint density at radius 2 is 1.58 bits per heavy atom. The van der Waals surface area contributed by atoms with E-state index in [1.165, 1.54) is 48.5 Å². The van der Waals surface area contributed by atoms with E-state index in [2.05, 4.69) is 21.2 Å². The highest BCUT2D eigenvalue weighted by molar-refractivity contribution is 9.10. The van der Waals surface area contributed by atoms with Gasteiger partial charge >= 0.3 is 6.18 Å². The summed E-state index contributed by atoms with van der Waals surface area (Å²) in [4.78, 5) is 39.0. The van der Waals surface area contributed by atoms with E-state index in [-0.39, 0.29) is 22.4 Å². The molecule has 0 aliphatic carbocycles. The summed E-state index contributed by atoms with van der Waals surface area (Å²) in [7, 11) is 0. The van der Waals surface area contributed by atoms with E-state index >= 15 is 0 Å². The van der Waals surface area contributed by atoms with Crippen LogP contribution in [0, 0.1) is 0 Å². The fourth-order valence-corrected chi connectivity index (χ4v) is 3.63. The Bertz CT molecular complexity index is 1240. The molecule has 0 bridgehead atoms. The summed E-state index contributed by atoms with van der Waals surface area (Å²) in [6.07, 6.45) is -4.64. The Morgan fingerprint density at radius 1 is 0.871 bits per heavy atom. The number of nitrogens with zero attached hydrogens (tertiary/aromatic N) is 1. The molecule has 0 unspecified atom stereocenters. The molecule has 1 heterocycles. The van der Waals surface area contributed by atoms with Crippen molar-refractivity contribution in [2.24, 2.45) is 0 Å². The molecule has 0 fully saturated rings. The highest BCUT2D eigenvalue weighted by Gasteiger charge is 2.37. The molecule has 156 valence electrons. The van der Waals surface area contributed by atoms with E-state index in [0.29, 0.717) is 4.47 Å². The Balaban J connectivity index is 1.64. The van der Waals surface area contributed by atoms with E-state index in [0.717, 1.165) is 17.0 Å². The molecule has 0 atom stereocenters. The number of hydrogen-bond donors (Lipinski definition) is 1. The lowest BCUT2D eigenvalue weighted by Crippen LogP contribution is -2.29. The third-order valence-electron chi connectivity index (χ3n) is 4.70. The number of imide groups is 1. The van der Waals surface area contributed by atoms with Gasteiger partial charge in [0, 0.05) is 10.0 Å². The lowest BCUT2D eigenvalue weighted by atomic mass is 10.1. The van der Waals surface area contributed by atoms with Crippen LogP contribution in [-0.4, -0.2) is 17.7 Å². The van der Waals surface area contributed by atoms with Crippen LogP contribution in [0.2, 0.25) is 0 Å². The minimum absolute atomic E-state index is 0.00721. The molecule has 1 aliphatic heterocycles. The molecule has 0 radical (unpaired) electrons. The Hall–Kier alpha value is -3.46. The highest BCUT2D eigenvalue weighted by atomic mass is 79.9. The number of amides is 3. The molecule has 1 N–H and O–H groups in total. The van der Waals surface area contributed by atoms with Crippen LogP contribution in [-0.2, 0) is 6.18 Å². The lowest BCUT2D eigenvalue weighted by Gasteiger charge is -2.16. The van der Waals surface area contributed by atoms with Crippen molar-refractivity contribution >= 4 is 45.0 Å².